The van der Waals surface area contributed by atoms with Crippen LogP contribution in [0.2, 0.25) is 0 Å². The molecule has 0 aliphatic heterocycles. The number of carbonyl (C=O) groups is 5. The van der Waals surface area contributed by atoms with Gasteiger partial charge in [0.15, 0.2) is 0 Å². The zero-order chi connectivity index (χ0) is 29.5. The van der Waals surface area contributed by atoms with Crippen molar-refractivity contribution in [2.45, 2.75) is 63.8 Å². The number of benzene rings is 1. The minimum absolute atomic E-state index is 0.117. The highest BCUT2D eigenvalue weighted by molar-refractivity contribution is 7.98. The maximum absolute atomic E-state index is 13.3. The lowest BCUT2D eigenvalue weighted by Gasteiger charge is -2.25. The van der Waals surface area contributed by atoms with Gasteiger partial charge in [-0.3, -0.25) is 19.2 Å². The molecule has 5 atom stereocenters. The number of aliphatic carboxylic acids is 1. The first kappa shape index (κ1) is 34.3. The van der Waals surface area contributed by atoms with E-state index in [1.54, 1.807) is 13.3 Å². The Morgan fingerprint density at radius 1 is 0.821 bits per heavy atom. The van der Waals surface area contributed by atoms with Crippen molar-refractivity contribution in [3.63, 3.8) is 0 Å². The normalized spacial score (nSPS) is 14.8. The van der Waals surface area contributed by atoms with E-state index in [1.807, 2.05) is 44.2 Å². The topological polar surface area (TPSA) is 166 Å². The Labute approximate surface area is 239 Å². The Morgan fingerprint density at radius 3 is 1.87 bits per heavy atom. The molecule has 0 bridgehead atoms. The summed E-state index contributed by atoms with van der Waals surface area (Å²) in [5.74, 6) is -3.10. The molecular weight excluding hydrogens is 542 g/mol. The van der Waals surface area contributed by atoms with E-state index in [1.165, 1.54) is 18.7 Å². The second-order valence-electron chi connectivity index (χ2n) is 9.55. The van der Waals surface area contributed by atoms with Crippen LogP contribution in [0.25, 0.3) is 0 Å². The molecule has 0 heterocycles. The summed E-state index contributed by atoms with van der Waals surface area (Å²) in [6.45, 7) is 5.46. The molecule has 0 spiro atoms. The molecule has 0 saturated heterocycles. The van der Waals surface area contributed by atoms with Crippen LogP contribution in [0, 0.1) is 5.92 Å². The molecule has 1 aromatic rings. The van der Waals surface area contributed by atoms with Gasteiger partial charge in [0, 0.05) is 17.9 Å². The summed E-state index contributed by atoms with van der Waals surface area (Å²) in [6, 6.07) is 4.47. The molecule has 0 saturated carbocycles. The first-order valence-corrected chi connectivity index (χ1v) is 14.7. The first-order valence-electron chi connectivity index (χ1n) is 12.7. The number of likely N-dealkylation sites (N-methyl/N-ethyl adjacent to an activating group) is 1. The number of hydrogen-bond acceptors (Lipinski definition) is 8. The minimum atomic E-state index is -1.24. The van der Waals surface area contributed by atoms with Crippen molar-refractivity contribution < 1.29 is 29.1 Å². The van der Waals surface area contributed by atoms with Gasteiger partial charge in [-0.25, -0.2) is 4.79 Å². The van der Waals surface area contributed by atoms with E-state index in [-0.39, 0.29) is 29.8 Å². The van der Waals surface area contributed by atoms with Gasteiger partial charge in [-0.05, 0) is 38.1 Å². The smallest absolute Gasteiger partial charge is 0.327 e. The summed E-state index contributed by atoms with van der Waals surface area (Å²) in [6.07, 6.45) is 2.53. The molecule has 0 unspecified atom stereocenters. The number of carbonyl (C=O) groups excluding carboxylic acids is 4. The van der Waals surface area contributed by atoms with Crippen LogP contribution in [-0.2, 0) is 30.4 Å². The average Bonchev–Trinajstić information content (AvgIpc) is 2.89. The van der Waals surface area contributed by atoms with Gasteiger partial charge in [-0.2, -0.15) is 24.4 Å². The molecule has 11 nitrogen and oxygen atoms in total. The monoisotopic (exact) mass is 583 g/mol. The van der Waals surface area contributed by atoms with E-state index in [0.29, 0.717) is 6.42 Å². The van der Waals surface area contributed by atoms with Gasteiger partial charge in [0.25, 0.3) is 0 Å². The molecule has 1 aromatic carbocycles. The van der Waals surface area contributed by atoms with Crippen LogP contribution in [0.5, 0.6) is 0 Å². The minimum Gasteiger partial charge on any atom is -0.480 e. The molecule has 0 aliphatic carbocycles. The van der Waals surface area contributed by atoms with E-state index < -0.39 is 53.9 Å². The zero-order valence-corrected chi connectivity index (χ0v) is 24.7. The van der Waals surface area contributed by atoms with E-state index in [0.717, 1.165) is 5.56 Å². The molecule has 39 heavy (non-hydrogen) atoms. The van der Waals surface area contributed by atoms with E-state index in [4.69, 9.17) is 0 Å². The highest BCUT2D eigenvalue weighted by Gasteiger charge is 2.30. The fraction of sp³-hybridized carbons (Fsp3) is 0.577. The molecule has 1 rings (SSSR count). The summed E-state index contributed by atoms with van der Waals surface area (Å²) >= 11 is 5.22. The number of thiol groups is 1. The van der Waals surface area contributed by atoms with E-state index in [2.05, 4.69) is 39.2 Å². The van der Waals surface area contributed by atoms with Crippen molar-refractivity contribution in [3.05, 3.63) is 35.9 Å². The quantitative estimate of drug-likeness (QED) is 0.128. The zero-order valence-electron chi connectivity index (χ0n) is 23.0. The Morgan fingerprint density at radius 2 is 1.36 bits per heavy atom. The standard InChI is InChI=1S/C26H41N5O6S2/c1-15(2)11-18(27-4)23(33)29-19(12-17-9-7-6-8-10-17)24(34)28-16(3)22(32)31-21(14-39-5)25(35)30-20(13-38)26(36)37/h6-10,15-16,18-21,27,38H,11-14H2,1-5H3,(H,28,34)(H,29,33)(H,30,35)(H,31,32)(H,36,37)/t16-,18-,19-,20-,21-/m0/s1. The third kappa shape index (κ3) is 12.3. The molecule has 6 N–H and O–H groups in total. The lowest BCUT2D eigenvalue weighted by Crippen LogP contribution is -2.58. The second kappa shape index (κ2) is 17.7. The van der Waals surface area contributed by atoms with Crippen molar-refractivity contribution >= 4 is 54.0 Å². The summed E-state index contributed by atoms with van der Waals surface area (Å²) in [7, 11) is 1.68. The predicted octanol–water partition coefficient (Wildman–Crippen LogP) is 0.200. The second-order valence-corrected chi connectivity index (χ2v) is 10.8. The van der Waals surface area contributed by atoms with Gasteiger partial charge in [0.1, 0.15) is 24.2 Å². The average molecular weight is 584 g/mol. The van der Waals surface area contributed by atoms with Gasteiger partial charge in [-0.1, -0.05) is 44.2 Å². The maximum Gasteiger partial charge on any atom is 0.327 e. The Hall–Kier alpha value is -2.77. The lowest BCUT2D eigenvalue weighted by atomic mass is 10.0. The van der Waals surface area contributed by atoms with Crippen LogP contribution < -0.4 is 26.6 Å². The fourth-order valence-corrected chi connectivity index (χ4v) is 4.46. The molecule has 0 radical (unpaired) electrons. The number of nitrogens with one attached hydrogen (secondary N) is 5. The first-order chi connectivity index (χ1) is 18.4. The highest BCUT2D eigenvalue weighted by Crippen LogP contribution is 2.08. The van der Waals surface area contributed by atoms with Crippen molar-refractivity contribution in [3.8, 4) is 0 Å². The van der Waals surface area contributed by atoms with Crippen LogP contribution in [0.4, 0.5) is 0 Å². The van der Waals surface area contributed by atoms with Gasteiger partial charge in [-0.15, -0.1) is 0 Å². The van der Waals surface area contributed by atoms with Gasteiger partial charge >= 0.3 is 5.97 Å². The summed E-state index contributed by atoms with van der Waals surface area (Å²) in [5, 5.41) is 22.5. The van der Waals surface area contributed by atoms with Crippen molar-refractivity contribution in [2.75, 3.05) is 24.8 Å². The summed E-state index contributed by atoms with van der Waals surface area (Å²) in [5.41, 5.74) is 0.828. The Balaban J connectivity index is 2.97. The summed E-state index contributed by atoms with van der Waals surface area (Å²) in [4.78, 5) is 63.0. The molecule has 0 fully saturated rings. The van der Waals surface area contributed by atoms with E-state index in [9.17, 15) is 29.1 Å². The van der Waals surface area contributed by atoms with Gasteiger partial charge in [0.2, 0.25) is 23.6 Å². The molecular formula is C26H41N5O6S2. The molecule has 218 valence electrons. The van der Waals surface area contributed by atoms with Crippen LogP contribution in [-0.4, -0.2) is 89.7 Å². The number of carboxylic acids is 1. The van der Waals surface area contributed by atoms with Crippen molar-refractivity contribution in [2.24, 2.45) is 5.92 Å². The van der Waals surface area contributed by atoms with Gasteiger partial charge < -0.3 is 31.7 Å². The number of carboxylic acid groups (broad SMARTS) is 1. The van der Waals surface area contributed by atoms with Crippen molar-refractivity contribution in [1.82, 2.24) is 26.6 Å². The largest absolute Gasteiger partial charge is 0.480 e. The molecule has 0 aliphatic rings. The van der Waals surface area contributed by atoms with Crippen LogP contribution in [0.1, 0.15) is 32.8 Å². The third-order valence-corrected chi connectivity index (χ3v) is 6.84. The number of thioether (sulfide) groups is 1. The predicted molar refractivity (Wildman–Crippen MR) is 156 cm³/mol. The fourth-order valence-electron chi connectivity index (χ4n) is 3.64. The number of hydrogen-bond donors (Lipinski definition) is 7. The third-order valence-electron chi connectivity index (χ3n) is 5.80. The number of rotatable bonds is 17. The highest BCUT2D eigenvalue weighted by atomic mass is 32.2. The lowest BCUT2D eigenvalue weighted by molar-refractivity contribution is -0.141. The van der Waals surface area contributed by atoms with Gasteiger partial charge in [0.05, 0.1) is 6.04 Å². The number of amides is 4. The van der Waals surface area contributed by atoms with Crippen LogP contribution in [0.3, 0.4) is 0 Å². The van der Waals surface area contributed by atoms with Crippen molar-refractivity contribution in [1.29, 1.82) is 0 Å². The molecule has 0 aromatic heterocycles. The molecule has 4 amide bonds. The van der Waals surface area contributed by atoms with E-state index >= 15 is 0 Å². The maximum atomic E-state index is 13.3. The van der Waals surface area contributed by atoms with Crippen LogP contribution >= 0.6 is 24.4 Å². The van der Waals surface area contributed by atoms with Crippen LogP contribution in [0.15, 0.2) is 30.3 Å². The molecule has 13 heteroatoms. The Bertz CT molecular complexity index is 965. The SMILES string of the molecule is CN[C@@H](CC(C)C)C(=O)N[C@@H](Cc1ccccc1)C(=O)N[C@@H](C)C(=O)N[C@@H](CSC)C(=O)N[C@@H](CS)C(=O)O. The Kier molecular flexibility index (Phi) is 15.6. The summed E-state index contributed by atoms with van der Waals surface area (Å²) < 4.78 is 0.